The Morgan fingerprint density at radius 3 is 2.25 bits per heavy atom. The van der Waals surface area contributed by atoms with Gasteiger partial charge >= 0.3 is 0 Å². The number of carbonyl (C=O) groups is 1. The molecule has 0 saturated heterocycles. The number of hydrogen-bond acceptors (Lipinski definition) is 2. The summed E-state index contributed by atoms with van der Waals surface area (Å²) in [5.41, 5.74) is 0.0205. The second kappa shape index (κ2) is 7.00. The van der Waals surface area contributed by atoms with Gasteiger partial charge in [-0.15, -0.1) is 6.42 Å². The molecule has 1 aromatic rings. The molecule has 0 heterocycles. The van der Waals surface area contributed by atoms with E-state index in [0.717, 1.165) is 5.75 Å². The SMILES string of the molecule is C#CC(CC)(CC)NC(=O)c1ccc(OC(C)C)cc1. The van der Waals surface area contributed by atoms with Crippen LogP contribution in [0.1, 0.15) is 50.9 Å². The average Bonchev–Trinajstić information content (AvgIpc) is 2.45. The van der Waals surface area contributed by atoms with Gasteiger partial charge in [-0.3, -0.25) is 4.79 Å². The Hall–Kier alpha value is -1.95. The molecule has 20 heavy (non-hydrogen) atoms. The topological polar surface area (TPSA) is 38.3 Å². The molecule has 0 bridgehead atoms. The number of carbonyl (C=O) groups excluding carboxylic acids is 1. The van der Waals surface area contributed by atoms with Crippen molar-refractivity contribution in [1.29, 1.82) is 0 Å². The van der Waals surface area contributed by atoms with E-state index >= 15 is 0 Å². The maximum atomic E-state index is 12.2. The highest BCUT2D eigenvalue weighted by Gasteiger charge is 2.25. The van der Waals surface area contributed by atoms with Gasteiger partial charge in [-0.2, -0.15) is 0 Å². The Kier molecular flexibility index (Phi) is 5.64. The number of benzene rings is 1. The fraction of sp³-hybridized carbons (Fsp3) is 0.471. The largest absolute Gasteiger partial charge is 0.491 e. The van der Waals surface area contributed by atoms with Crippen molar-refractivity contribution in [2.75, 3.05) is 0 Å². The van der Waals surface area contributed by atoms with Crippen LogP contribution in [0.2, 0.25) is 0 Å². The van der Waals surface area contributed by atoms with Crippen LogP contribution in [0.5, 0.6) is 5.75 Å². The number of rotatable bonds is 6. The first-order valence-corrected chi connectivity index (χ1v) is 7.03. The fourth-order valence-corrected chi connectivity index (χ4v) is 1.91. The average molecular weight is 273 g/mol. The van der Waals surface area contributed by atoms with Crippen LogP contribution in [-0.2, 0) is 0 Å². The third-order valence-electron chi connectivity index (χ3n) is 3.32. The molecule has 0 radical (unpaired) electrons. The molecule has 3 heteroatoms. The van der Waals surface area contributed by atoms with Crippen LogP contribution in [0.25, 0.3) is 0 Å². The Bertz CT molecular complexity index is 479. The zero-order valence-electron chi connectivity index (χ0n) is 12.7. The van der Waals surface area contributed by atoms with Gasteiger partial charge in [0.05, 0.1) is 6.10 Å². The molecule has 0 unspecified atom stereocenters. The highest BCUT2D eigenvalue weighted by atomic mass is 16.5. The molecule has 0 aromatic heterocycles. The summed E-state index contributed by atoms with van der Waals surface area (Å²) in [4.78, 5) is 12.2. The van der Waals surface area contributed by atoms with Crippen LogP contribution in [0.3, 0.4) is 0 Å². The third-order valence-corrected chi connectivity index (χ3v) is 3.32. The summed E-state index contributed by atoms with van der Waals surface area (Å²) in [7, 11) is 0. The highest BCUT2D eigenvalue weighted by molar-refractivity contribution is 5.95. The minimum absolute atomic E-state index is 0.115. The summed E-state index contributed by atoms with van der Waals surface area (Å²) in [6.07, 6.45) is 7.08. The van der Waals surface area contributed by atoms with Gasteiger partial charge in [-0.05, 0) is 51.0 Å². The summed E-state index contributed by atoms with van der Waals surface area (Å²) >= 11 is 0. The van der Waals surface area contributed by atoms with Gasteiger partial charge < -0.3 is 10.1 Å². The molecule has 0 aliphatic rings. The lowest BCUT2D eigenvalue weighted by Gasteiger charge is -2.27. The van der Waals surface area contributed by atoms with Crippen molar-refractivity contribution in [2.24, 2.45) is 0 Å². The van der Waals surface area contributed by atoms with Crippen molar-refractivity contribution in [3.05, 3.63) is 29.8 Å². The molecule has 0 aliphatic carbocycles. The minimum Gasteiger partial charge on any atom is -0.491 e. The third kappa shape index (κ3) is 4.03. The molecule has 1 aromatic carbocycles. The maximum absolute atomic E-state index is 12.2. The molecular formula is C17H23NO2. The summed E-state index contributed by atoms with van der Waals surface area (Å²) < 4.78 is 5.55. The number of ether oxygens (including phenoxy) is 1. The van der Waals surface area contributed by atoms with Crippen molar-refractivity contribution in [1.82, 2.24) is 5.32 Å². The van der Waals surface area contributed by atoms with Crippen LogP contribution in [0.4, 0.5) is 0 Å². The van der Waals surface area contributed by atoms with Crippen LogP contribution in [0.15, 0.2) is 24.3 Å². The number of nitrogens with one attached hydrogen (secondary N) is 1. The molecule has 0 spiro atoms. The first kappa shape index (κ1) is 16.1. The van der Waals surface area contributed by atoms with Crippen LogP contribution < -0.4 is 10.1 Å². The van der Waals surface area contributed by atoms with Gasteiger partial charge in [-0.25, -0.2) is 0 Å². The van der Waals surface area contributed by atoms with Gasteiger partial charge in [0, 0.05) is 5.56 Å². The van der Waals surface area contributed by atoms with E-state index in [1.165, 1.54) is 0 Å². The summed E-state index contributed by atoms with van der Waals surface area (Å²) in [5.74, 6) is 3.30. The van der Waals surface area contributed by atoms with Crippen LogP contribution in [0, 0.1) is 12.3 Å². The molecule has 0 atom stereocenters. The number of hydrogen-bond donors (Lipinski definition) is 1. The van der Waals surface area contributed by atoms with E-state index in [0.29, 0.717) is 18.4 Å². The lowest BCUT2D eigenvalue weighted by molar-refractivity contribution is 0.0916. The molecule has 1 N–H and O–H groups in total. The second-order valence-corrected chi connectivity index (χ2v) is 5.08. The molecule has 1 amide bonds. The Morgan fingerprint density at radius 1 is 1.30 bits per heavy atom. The zero-order valence-corrected chi connectivity index (χ0v) is 12.7. The quantitative estimate of drug-likeness (QED) is 0.807. The van der Waals surface area contributed by atoms with E-state index in [2.05, 4.69) is 11.2 Å². The van der Waals surface area contributed by atoms with E-state index in [4.69, 9.17) is 11.2 Å². The summed E-state index contributed by atoms with van der Waals surface area (Å²) in [6.45, 7) is 7.88. The Labute approximate surface area is 121 Å². The molecule has 108 valence electrons. The molecule has 3 nitrogen and oxygen atoms in total. The second-order valence-electron chi connectivity index (χ2n) is 5.08. The van der Waals surface area contributed by atoms with Gasteiger partial charge in [-0.1, -0.05) is 19.8 Å². The number of amides is 1. The molecule has 0 saturated carbocycles. The van der Waals surface area contributed by atoms with Crippen molar-refractivity contribution < 1.29 is 9.53 Å². The van der Waals surface area contributed by atoms with E-state index in [1.54, 1.807) is 24.3 Å². The fourth-order valence-electron chi connectivity index (χ4n) is 1.91. The number of terminal acetylenes is 1. The molecular weight excluding hydrogens is 250 g/mol. The van der Waals surface area contributed by atoms with Crippen molar-refractivity contribution >= 4 is 5.91 Å². The Morgan fingerprint density at radius 2 is 1.85 bits per heavy atom. The maximum Gasteiger partial charge on any atom is 0.252 e. The smallest absolute Gasteiger partial charge is 0.252 e. The summed E-state index contributed by atoms with van der Waals surface area (Å²) in [6, 6.07) is 7.09. The van der Waals surface area contributed by atoms with Gasteiger partial charge in [0.2, 0.25) is 0 Å². The van der Waals surface area contributed by atoms with Gasteiger partial charge in [0.1, 0.15) is 11.3 Å². The monoisotopic (exact) mass is 273 g/mol. The standard InChI is InChI=1S/C17H23NO2/c1-6-17(7-2,8-3)18-16(19)14-9-11-15(12-10-14)20-13(4)5/h1,9-13H,7-8H2,2-5H3,(H,18,19). The van der Waals surface area contributed by atoms with Crippen LogP contribution >= 0.6 is 0 Å². The van der Waals surface area contributed by atoms with Crippen LogP contribution in [-0.4, -0.2) is 17.6 Å². The van der Waals surface area contributed by atoms with E-state index < -0.39 is 5.54 Å². The van der Waals surface area contributed by atoms with E-state index in [-0.39, 0.29) is 12.0 Å². The Balaban J connectivity index is 2.80. The highest BCUT2D eigenvalue weighted by Crippen LogP contribution is 2.17. The molecule has 0 aliphatic heterocycles. The normalized spacial score (nSPS) is 11.0. The first-order valence-electron chi connectivity index (χ1n) is 7.03. The predicted octanol–water partition coefficient (Wildman–Crippen LogP) is 3.40. The lowest BCUT2D eigenvalue weighted by atomic mass is 9.93. The first-order chi connectivity index (χ1) is 9.46. The molecule has 0 fully saturated rings. The summed E-state index contributed by atoms with van der Waals surface area (Å²) in [5, 5.41) is 2.94. The van der Waals surface area contributed by atoms with E-state index in [9.17, 15) is 4.79 Å². The van der Waals surface area contributed by atoms with Crippen molar-refractivity contribution in [3.8, 4) is 18.1 Å². The predicted molar refractivity (Wildman–Crippen MR) is 81.8 cm³/mol. The van der Waals surface area contributed by atoms with Crippen molar-refractivity contribution in [2.45, 2.75) is 52.2 Å². The van der Waals surface area contributed by atoms with E-state index in [1.807, 2.05) is 27.7 Å². The van der Waals surface area contributed by atoms with Gasteiger partial charge in [0.25, 0.3) is 5.91 Å². The molecule has 1 rings (SSSR count). The minimum atomic E-state index is -0.565. The van der Waals surface area contributed by atoms with Gasteiger partial charge in [0.15, 0.2) is 0 Å². The zero-order chi connectivity index (χ0) is 15.2. The lowest BCUT2D eigenvalue weighted by Crippen LogP contribution is -2.46. The van der Waals surface area contributed by atoms with Crippen molar-refractivity contribution in [3.63, 3.8) is 0 Å².